The fourth-order valence-corrected chi connectivity index (χ4v) is 3.51. The number of hydrogen-bond donors (Lipinski definition) is 2. The Morgan fingerprint density at radius 1 is 0.871 bits per heavy atom. The predicted molar refractivity (Wildman–Crippen MR) is 116 cm³/mol. The Hall–Kier alpha value is -4.08. The number of aliphatic imine (C=N–C) groups is 1. The van der Waals surface area contributed by atoms with Crippen LogP contribution in [0.5, 0.6) is 11.8 Å². The molecule has 10 nitrogen and oxygen atoms in total. The third-order valence-electron chi connectivity index (χ3n) is 5.09. The van der Waals surface area contributed by atoms with Gasteiger partial charge in [-0.15, -0.1) is 0 Å². The summed E-state index contributed by atoms with van der Waals surface area (Å²) in [6.07, 6.45) is 5.49. The van der Waals surface area contributed by atoms with Crippen molar-refractivity contribution >= 4 is 17.4 Å². The van der Waals surface area contributed by atoms with Gasteiger partial charge in [-0.2, -0.15) is 9.97 Å². The van der Waals surface area contributed by atoms with E-state index in [2.05, 4.69) is 29.9 Å². The van der Waals surface area contributed by atoms with Crippen LogP contribution in [-0.2, 0) is 5.41 Å². The molecule has 0 fully saturated rings. The van der Waals surface area contributed by atoms with E-state index < -0.39 is 5.41 Å². The summed E-state index contributed by atoms with van der Waals surface area (Å²) < 4.78 is 10.4. The lowest BCUT2D eigenvalue weighted by Crippen LogP contribution is -2.36. The maximum atomic E-state index is 6.25. The van der Waals surface area contributed by atoms with Crippen LogP contribution in [0.2, 0.25) is 0 Å². The molecule has 10 heteroatoms. The number of rotatable bonds is 5. The van der Waals surface area contributed by atoms with Crippen molar-refractivity contribution in [1.82, 2.24) is 24.9 Å². The van der Waals surface area contributed by atoms with Gasteiger partial charge >= 0.3 is 0 Å². The molecule has 3 aromatic rings. The molecule has 0 saturated heterocycles. The summed E-state index contributed by atoms with van der Waals surface area (Å²) in [6.45, 7) is 2.09. The van der Waals surface area contributed by atoms with Gasteiger partial charge < -0.3 is 20.9 Å². The van der Waals surface area contributed by atoms with Crippen molar-refractivity contribution in [3.63, 3.8) is 0 Å². The number of aryl methyl sites for hydroxylation is 1. The molecule has 0 amide bonds. The van der Waals surface area contributed by atoms with E-state index in [1.54, 1.807) is 45.7 Å². The summed E-state index contributed by atoms with van der Waals surface area (Å²) in [6, 6.07) is 7.48. The molecule has 0 aromatic carbocycles. The van der Waals surface area contributed by atoms with E-state index in [0.29, 0.717) is 41.4 Å². The molecular formula is C21H22N8O2. The molecule has 158 valence electrons. The van der Waals surface area contributed by atoms with E-state index in [1.807, 2.05) is 18.2 Å². The van der Waals surface area contributed by atoms with Crippen molar-refractivity contribution in [2.45, 2.75) is 12.3 Å². The Morgan fingerprint density at radius 2 is 1.48 bits per heavy atom. The average Bonchev–Trinajstić information content (AvgIpc) is 2.79. The van der Waals surface area contributed by atoms with E-state index in [9.17, 15) is 0 Å². The van der Waals surface area contributed by atoms with Gasteiger partial charge in [0.1, 0.15) is 11.7 Å². The van der Waals surface area contributed by atoms with Gasteiger partial charge in [-0.3, -0.25) is 4.99 Å². The second-order valence-electron chi connectivity index (χ2n) is 6.97. The molecule has 0 saturated carbocycles. The molecule has 1 aliphatic rings. The number of dihydropyridines is 1. The van der Waals surface area contributed by atoms with Crippen molar-refractivity contribution in [2.75, 3.05) is 26.5 Å². The SMILES string of the molecule is COc1ccc(C2(c3ccc(OC)nc3)C=C(c3nc(C)nc(N)n3)C(N)=NC2)cn1. The molecule has 0 atom stereocenters. The van der Waals surface area contributed by atoms with Crippen molar-refractivity contribution in [3.05, 3.63) is 65.5 Å². The first-order valence-electron chi connectivity index (χ1n) is 9.48. The monoisotopic (exact) mass is 418 g/mol. The summed E-state index contributed by atoms with van der Waals surface area (Å²) in [5.41, 5.74) is 13.7. The third kappa shape index (κ3) is 3.75. The maximum absolute atomic E-state index is 6.25. The van der Waals surface area contributed by atoms with Crippen molar-refractivity contribution < 1.29 is 9.47 Å². The molecule has 0 spiro atoms. The van der Waals surface area contributed by atoms with Crippen LogP contribution in [0.15, 0.2) is 47.7 Å². The second-order valence-corrected chi connectivity index (χ2v) is 6.97. The minimum atomic E-state index is -0.716. The highest BCUT2D eigenvalue weighted by molar-refractivity contribution is 6.21. The highest BCUT2D eigenvalue weighted by Gasteiger charge is 2.37. The number of nitrogens with two attached hydrogens (primary N) is 2. The lowest BCUT2D eigenvalue weighted by Gasteiger charge is -2.33. The van der Waals surface area contributed by atoms with Crippen LogP contribution in [-0.4, -0.2) is 51.5 Å². The maximum Gasteiger partial charge on any atom is 0.223 e. The summed E-state index contributed by atoms with van der Waals surface area (Å²) in [4.78, 5) is 26.1. The van der Waals surface area contributed by atoms with Crippen LogP contribution in [0.3, 0.4) is 0 Å². The van der Waals surface area contributed by atoms with Crippen LogP contribution in [0.1, 0.15) is 22.8 Å². The standard InChI is InChI=1S/C21H22N8O2/c1-12-27-19(29-20(23)28-12)15-8-21(11-26-18(15)22,13-4-6-16(30-2)24-9-13)14-5-7-17(31-3)25-10-14/h4-10H,11H2,1-3H3,(H2,22,26)(H2,23,27,28,29). The van der Waals surface area contributed by atoms with E-state index in [4.69, 9.17) is 20.9 Å². The smallest absolute Gasteiger partial charge is 0.223 e. The van der Waals surface area contributed by atoms with Gasteiger partial charge in [-0.1, -0.05) is 18.2 Å². The lowest BCUT2D eigenvalue weighted by atomic mass is 9.73. The molecule has 0 bridgehead atoms. The van der Waals surface area contributed by atoms with Gasteiger partial charge in [0.15, 0.2) is 5.82 Å². The largest absolute Gasteiger partial charge is 0.481 e. The fraction of sp³-hybridized carbons (Fsp3) is 0.238. The minimum absolute atomic E-state index is 0.115. The number of amidine groups is 1. The highest BCUT2D eigenvalue weighted by atomic mass is 16.5. The van der Waals surface area contributed by atoms with Crippen LogP contribution in [0.25, 0.3) is 5.57 Å². The minimum Gasteiger partial charge on any atom is -0.481 e. The summed E-state index contributed by atoms with van der Waals surface area (Å²) in [5, 5.41) is 0. The van der Waals surface area contributed by atoms with Crippen molar-refractivity contribution in [2.24, 2.45) is 10.7 Å². The summed E-state index contributed by atoms with van der Waals surface area (Å²) in [5.74, 6) is 2.31. The zero-order chi connectivity index (χ0) is 22.0. The summed E-state index contributed by atoms with van der Waals surface area (Å²) >= 11 is 0. The fourth-order valence-electron chi connectivity index (χ4n) is 3.51. The van der Waals surface area contributed by atoms with E-state index >= 15 is 0 Å². The normalized spacial score (nSPS) is 15.1. The number of pyridine rings is 2. The molecule has 31 heavy (non-hydrogen) atoms. The van der Waals surface area contributed by atoms with Crippen LogP contribution >= 0.6 is 0 Å². The van der Waals surface area contributed by atoms with Crippen molar-refractivity contribution in [1.29, 1.82) is 0 Å². The molecule has 4 heterocycles. The van der Waals surface area contributed by atoms with Gasteiger partial charge in [0.2, 0.25) is 17.7 Å². The molecule has 0 unspecified atom stereocenters. The van der Waals surface area contributed by atoms with Crippen LogP contribution in [0.4, 0.5) is 5.95 Å². The van der Waals surface area contributed by atoms with Gasteiger partial charge in [0.05, 0.1) is 31.8 Å². The molecule has 3 aromatic heterocycles. The first kappa shape index (κ1) is 20.2. The van der Waals surface area contributed by atoms with Crippen LogP contribution < -0.4 is 20.9 Å². The molecule has 4 N–H and O–H groups in total. The number of aromatic nitrogens is 5. The molecule has 4 rings (SSSR count). The Balaban J connectivity index is 1.93. The van der Waals surface area contributed by atoms with Crippen LogP contribution in [0, 0.1) is 6.92 Å². The number of hydrogen-bond acceptors (Lipinski definition) is 10. The van der Waals surface area contributed by atoms with E-state index in [0.717, 1.165) is 11.1 Å². The number of nitrogens with zero attached hydrogens (tertiary/aromatic N) is 6. The predicted octanol–water partition coefficient (Wildman–Crippen LogP) is 1.31. The molecule has 0 radical (unpaired) electrons. The zero-order valence-electron chi connectivity index (χ0n) is 17.4. The Bertz CT molecular complexity index is 1090. The van der Waals surface area contributed by atoms with Gasteiger partial charge in [0.25, 0.3) is 0 Å². The second kappa shape index (κ2) is 7.98. The van der Waals surface area contributed by atoms with E-state index in [-0.39, 0.29) is 5.95 Å². The molecule has 0 aliphatic carbocycles. The summed E-state index contributed by atoms with van der Waals surface area (Å²) in [7, 11) is 3.14. The highest BCUT2D eigenvalue weighted by Crippen LogP contribution is 2.39. The molecule has 1 aliphatic heterocycles. The van der Waals surface area contributed by atoms with Gasteiger partial charge in [-0.05, 0) is 18.1 Å². The number of ether oxygens (including phenoxy) is 2. The topological polar surface area (TPSA) is 147 Å². The number of anilines is 1. The average molecular weight is 418 g/mol. The quantitative estimate of drug-likeness (QED) is 0.625. The zero-order valence-corrected chi connectivity index (χ0v) is 17.4. The van der Waals surface area contributed by atoms with Gasteiger partial charge in [0, 0.05) is 24.5 Å². The third-order valence-corrected chi connectivity index (χ3v) is 5.09. The Morgan fingerprint density at radius 3 is 1.97 bits per heavy atom. The van der Waals surface area contributed by atoms with Gasteiger partial charge in [-0.25, -0.2) is 15.0 Å². The first-order chi connectivity index (χ1) is 14.9. The number of methoxy groups -OCH3 is 2. The molecular weight excluding hydrogens is 396 g/mol. The van der Waals surface area contributed by atoms with E-state index in [1.165, 1.54) is 0 Å². The van der Waals surface area contributed by atoms with Crippen molar-refractivity contribution in [3.8, 4) is 11.8 Å². The number of nitrogen functional groups attached to an aromatic ring is 1. The first-order valence-corrected chi connectivity index (χ1v) is 9.48. The Labute approximate surface area is 179 Å². The lowest BCUT2D eigenvalue weighted by molar-refractivity contribution is 0.396. The Kier molecular flexibility index (Phi) is 5.20.